The number of rotatable bonds is 6. The second-order valence-electron chi connectivity index (χ2n) is 5.72. The zero-order valence-corrected chi connectivity index (χ0v) is 12.2. The van der Waals surface area contributed by atoms with Crippen molar-refractivity contribution >= 4 is 17.7 Å². The Hall–Kier alpha value is -0.220. The lowest BCUT2D eigenvalue weighted by molar-refractivity contribution is -0.132. The number of thioether (sulfide) groups is 1. The first-order valence-electron chi connectivity index (χ1n) is 6.50. The summed E-state index contributed by atoms with van der Waals surface area (Å²) < 4.78 is 0. The summed E-state index contributed by atoms with van der Waals surface area (Å²) in [7, 11) is 1.95. The van der Waals surface area contributed by atoms with Crippen molar-refractivity contribution in [3.8, 4) is 0 Å². The highest BCUT2D eigenvalue weighted by molar-refractivity contribution is 7.99. The Morgan fingerprint density at radius 2 is 2.18 bits per heavy atom. The van der Waals surface area contributed by atoms with Crippen molar-refractivity contribution in [1.29, 1.82) is 0 Å². The van der Waals surface area contributed by atoms with Gasteiger partial charge in [-0.2, -0.15) is 11.8 Å². The molecule has 0 spiro atoms. The predicted molar refractivity (Wildman–Crippen MR) is 75.2 cm³/mol. The number of carbonyl (C=O) groups excluding carboxylic acids is 1. The summed E-state index contributed by atoms with van der Waals surface area (Å²) in [5.74, 6) is 2.60. The second kappa shape index (κ2) is 6.64. The summed E-state index contributed by atoms with van der Waals surface area (Å²) in [4.78, 5) is 14.0. The van der Waals surface area contributed by atoms with Crippen LogP contribution < -0.4 is 5.73 Å². The van der Waals surface area contributed by atoms with Crippen molar-refractivity contribution in [2.45, 2.75) is 45.6 Å². The summed E-state index contributed by atoms with van der Waals surface area (Å²) in [5.41, 5.74) is 5.77. The standard InChI is InChI=1S/C13H26N2OS/c1-13(2,7-8-14)6-4-12(16)15(3)11-5-9-17-10-11/h11H,4-10,14H2,1-3H3. The van der Waals surface area contributed by atoms with E-state index in [1.165, 1.54) is 5.75 Å². The lowest BCUT2D eigenvalue weighted by Gasteiger charge is -2.27. The molecule has 0 radical (unpaired) electrons. The van der Waals surface area contributed by atoms with Gasteiger partial charge in [0.05, 0.1) is 0 Å². The molecular weight excluding hydrogens is 232 g/mol. The largest absolute Gasteiger partial charge is 0.342 e. The molecule has 1 unspecified atom stereocenters. The Labute approximate surface area is 109 Å². The molecular formula is C13H26N2OS. The average Bonchev–Trinajstić information content (AvgIpc) is 2.78. The minimum atomic E-state index is 0.190. The maximum absolute atomic E-state index is 12.1. The van der Waals surface area contributed by atoms with Crippen LogP contribution in [-0.2, 0) is 4.79 Å². The average molecular weight is 258 g/mol. The van der Waals surface area contributed by atoms with Crippen LogP contribution in [0.1, 0.15) is 39.5 Å². The van der Waals surface area contributed by atoms with Gasteiger partial charge < -0.3 is 10.6 Å². The number of nitrogens with two attached hydrogens (primary N) is 1. The van der Waals surface area contributed by atoms with Crippen molar-refractivity contribution < 1.29 is 4.79 Å². The highest BCUT2D eigenvalue weighted by atomic mass is 32.2. The van der Waals surface area contributed by atoms with Crippen LogP contribution in [0.4, 0.5) is 0 Å². The second-order valence-corrected chi connectivity index (χ2v) is 6.87. The van der Waals surface area contributed by atoms with Gasteiger partial charge in [-0.15, -0.1) is 0 Å². The molecule has 1 rings (SSSR count). The molecule has 0 bridgehead atoms. The molecule has 1 amide bonds. The van der Waals surface area contributed by atoms with Crippen LogP contribution in [0.2, 0.25) is 0 Å². The smallest absolute Gasteiger partial charge is 0.222 e. The fourth-order valence-electron chi connectivity index (χ4n) is 2.17. The summed E-state index contributed by atoms with van der Waals surface area (Å²) in [6.07, 6.45) is 3.74. The van der Waals surface area contributed by atoms with Crippen LogP contribution in [0, 0.1) is 5.41 Å². The summed E-state index contributed by atoms with van der Waals surface area (Å²) >= 11 is 1.95. The number of nitrogens with zero attached hydrogens (tertiary/aromatic N) is 1. The molecule has 0 aromatic rings. The Kier molecular flexibility index (Phi) is 5.80. The topological polar surface area (TPSA) is 46.3 Å². The van der Waals surface area contributed by atoms with Crippen molar-refractivity contribution in [3.05, 3.63) is 0 Å². The van der Waals surface area contributed by atoms with E-state index < -0.39 is 0 Å². The van der Waals surface area contributed by atoms with Gasteiger partial charge >= 0.3 is 0 Å². The fourth-order valence-corrected chi connectivity index (χ4v) is 3.44. The Morgan fingerprint density at radius 3 is 2.71 bits per heavy atom. The van der Waals surface area contributed by atoms with E-state index in [2.05, 4.69) is 13.8 Å². The number of hydrogen-bond donors (Lipinski definition) is 1. The SMILES string of the molecule is CN(C(=O)CCC(C)(C)CCN)C1CCSC1. The van der Waals surface area contributed by atoms with Gasteiger partial charge in [-0.1, -0.05) is 13.8 Å². The first-order chi connectivity index (χ1) is 7.96. The Bertz CT molecular complexity index is 250. The minimum Gasteiger partial charge on any atom is -0.342 e. The summed E-state index contributed by atoms with van der Waals surface area (Å²) in [6, 6.07) is 0.463. The predicted octanol–water partition coefficient (Wildman–Crippen LogP) is 2.11. The van der Waals surface area contributed by atoms with Gasteiger partial charge in [0.2, 0.25) is 5.91 Å². The molecule has 4 heteroatoms. The van der Waals surface area contributed by atoms with Crippen LogP contribution in [0.25, 0.3) is 0 Å². The Balaban J connectivity index is 2.33. The monoisotopic (exact) mass is 258 g/mol. The van der Waals surface area contributed by atoms with Gasteiger partial charge in [0.1, 0.15) is 0 Å². The van der Waals surface area contributed by atoms with Gasteiger partial charge in [-0.05, 0) is 37.0 Å². The van der Waals surface area contributed by atoms with Crippen molar-refractivity contribution in [3.63, 3.8) is 0 Å². The van der Waals surface area contributed by atoms with E-state index in [-0.39, 0.29) is 5.41 Å². The third-order valence-corrected chi connectivity index (χ3v) is 4.83. The van der Waals surface area contributed by atoms with Crippen LogP contribution in [0.5, 0.6) is 0 Å². The quantitative estimate of drug-likeness (QED) is 0.793. The van der Waals surface area contributed by atoms with Gasteiger partial charge in [0.15, 0.2) is 0 Å². The molecule has 1 saturated heterocycles. The fraction of sp³-hybridized carbons (Fsp3) is 0.923. The first-order valence-corrected chi connectivity index (χ1v) is 7.65. The van der Waals surface area contributed by atoms with Crippen LogP contribution in [0.15, 0.2) is 0 Å². The van der Waals surface area contributed by atoms with E-state index in [1.54, 1.807) is 0 Å². The Morgan fingerprint density at radius 1 is 1.47 bits per heavy atom. The summed E-state index contributed by atoms with van der Waals surface area (Å²) in [5, 5.41) is 0. The normalized spacial score (nSPS) is 20.6. The van der Waals surface area contributed by atoms with Crippen molar-refractivity contribution in [2.75, 3.05) is 25.1 Å². The number of amides is 1. The van der Waals surface area contributed by atoms with Crippen molar-refractivity contribution in [2.24, 2.45) is 11.1 Å². The molecule has 0 aromatic carbocycles. The van der Waals surface area contributed by atoms with Gasteiger partial charge in [-0.3, -0.25) is 4.79 Å². The third-order valence-electron chi connectivity index (χ3n) is 3.68. The van der Waals surface area contributed by atoms with E-state index in [9.17, 15) is 4.79 Å². The molecule has 1 aliphatic heterocycles. The molecule has 1 heterocycles. The van der Waals surface area contributed by atoms with E-state index in [4.69, 9.17) is 5.73 Å². The van der Waals surface area contributed by atoms with E-state index in [1.807, 2.05) is 23.7 Å². The zero-order chi connectivity index (χ0) is 12.9. The van der Waals surface area contributed by atoms with E-state index >= 15 is 0 Å². The molecule has 1 aliphatic rings. The minimum absolute atomic E-state index is 0.190. The lowest BCUT2D eigenvalue weighted by atomic mass is 9.84. The summed E-state index contributed by atoms with van der Waals surface area (Å²) in [6.45, 7) is 5.09. The van der Waals surface area contributed by atoms with E-state index in [0.29, 0.717) is 24.9 Å². The third kappa shape index (κ3) is 4.88. The number of hydrogen-bond acceptors (Lipinski definition) is 3. The maximum atomic E-state index is 12.1. The van der Waals surface area contributed by atoms with Crippen LogP contribution in [-0.4, -0.2) is 41.9 Å². The van der Waals surface area contributed by atoms with Crippen LogP contribution >= 0.6 is 11.8 Å². The van der Waals surface area contributed by atoms with Crippen LogP contribution in [0.3, 0.4) is 0 Å². The van der Waals surface area contributed by atoms with Gasteiger partial charge in [0.25, 0.3) is 0 Å². The van der Waals surface area contributed by atoms with E-state index in [0.717, 1.165) is 25.0 Å². The molecule has 3 nitrogen and oxygen atoms in total. The number of carbonyl (C=O) groups is 1. The maximum Gasteiger partial charge on any atom is 0.222 e. The highest BCUT2D eigenvalue weighted by Crippen LogP contribution is 2.27. The molecule has 0 aliphatic carbocycles. The molecule has 1 atom stereocenters. The molecule has 0 saturated carbocycles. The molecule has 0 aromatic heterocycles. The van der Waals surface area contributed by atoms with Gasteiger partial charge in [-0.25, -0.2) is 0 Å². The molecule has 2 N–H and O–H groups in total. The van der Waals surface area contributed by atoms with Gasteiger partial charge in [0, 0.05) is 25.3 Å². The molecule has 1 fully saturated rings. The highest BCUT2D eigenvalue weighted by Gasteiger charge is 2.25. The first kappa shape index (κ1) is 14.8. The lowest BCUT2D eigenvalue weighted by Crippen LogP contribution is -2.37. The molecule has 17 heavy (non-hydrogen) atoms. The van der Waals surface area contributed by atoms with Crippen molar-refractivity contribution in [1.82, 2.24) is 4.90 Å². The zero-order valence-electron chi connectivity index (χ0n) is 11.4. The molecule has 100 valence electrons.